The number of amides is 1. The third kappa shape index (κ3) is 3.32. The van der Waals surface area contributed by atoms with Gasteiger partial charge in [0.2, 0.25) is 5.91 Å². The summed E-state index contributed by atoms with van der Waals surface area (Å²) in [5.74, 6) is 0.539. The molecule has 1 amide bonds. The van der Waals surface area contributed by atoms with E-state index in [0.717, 1.165) is 5.75 Å². The molecule has 0 radical (unpaired) electrons. The normalized spacial score (nSPS) is 14.1. The zero-order valence-corrected chi connectivity index (χ0v) is 12.7. The number of carbonyl (C=O) groups is 1. The molecule has 20 heavy (non-hydrogen) atoms. The van der Waals surface area contributed by atoms with Gasteiger partial charge in [-0.05, 0) is 43.3 Å². The van der Waals surface area contributed by atoms with Crippen LogP contribution in [0.3, 0.4) is 0 Å². The molecular formula is C16H20N2OS. The molecule has 0 heterocycles. The lowest BCUT2D eigenvalue weighted by atomic mass is 9.99. The van der Waals surface area contributed by atoms with Gasteiger partial charge in [0.15, 0.2) is 0 Å². The molecule has 0 fully saturated rings. The molecule has 0 saturated heterocycles. The first-order valence-electron chi connectivity index (χ1n) is 6.65. The maximum Gasteiger partial charge on any atom is 0.237 e. The van der Waals surface area contributed by atoms with Gasteiger partial charge in [0, 0.05) is 10.6 Å². The van der Waals surface area contributed by atoms with Crippen molar-refractivity contribution in [2.24, 2.45) is 5.73 Å². The number of thioether (sulfide) groups is 1. The SMILES string of the molecule is CNC(C)(CCSc1ccc2ccccc2c1)C(N)=O. The van der Waals surface area contributed by atoms with E-state index in [1.165, 1.54) is 15.7 Å². The van der Waals surface area contributed by atoms with Crippen LogP contribution in [-0.2, 0) is 4.79 Å². The summed E-state index contributed by atoms with van der Waals surface area (Å²) >= 11 is 1.75. The van der Waals surface area contributed by atoms with Crippen molar-refractivity contribution in [1.29, 1.82) is 0 Å². The first-order chi connectivity index (χ1) is 9.55. The first-order valence-corrected chi connectivity index (χ1v) is 7.64. The maximum absolute atomic E-state index is 11.4. The minimum atomic E-state index is -0.635. The van der Waals surface area contributed by atoms with Crippen molar-refractivity contribution < 1.29 is 4.79 Å². The topological polar surface area (TPSA) is 55.1 Å². The Bertz CT molecular complexity index is 614. The number of hydrogen-bond acceptors (Lipinski definition) is 3. The van der Waals surface area contributed by atoms with Gasteiger partial charge in [-0.1, -0.05) is 30.3 Å². The van der Waals surface area contributed by atoms with Gasteiger partial charge >= 0.3 is 0 Å². The molecule has 4 heteroatoms. The van der Waals surface area contributed by atoms with E-state index in [4.69, 9.17) is 5.73 Å². The van der Waals surface area contributed by atoms with Crippen LogP contribution in [0, 0.1) is 0 Å². The van der Waals surface area contributed by atoms with Crippen molar-refractivity contribution in [2.45, 2.75) is 23.8 Å². The van der Waals surface area contributed by atoms with Crippen LogP contribution in [0.1, 0.15) is 13.3 Å². The van der Waals surface area contributed by atoms with Gasteiger partial charge in [-0.15, -0.1) is 11.8 Å². The van der Waals surface area contributed by atoms with Crippen LogP contribution in [0.25, 0.3) is 10.8 Å². The van der Waals surface area contributed by atoms with E-state index < -0.39 is 5.54 Å². The highest BCUT2D eigenvalue weighted by Crippen LogP contribution is 2.25. The number of hydrogen-bond donors (Lipinski definition) is 2. The van der Waals surface area contributed by atoms with Crippen molar-refractivity contribution in [3.05, 3.63) is 42.5 Å². The molecule has 0 aliphatic carbocycles. The third-order valence-corrected chi connectivity index (χ3v) is 4.68. The summed E-state index contributed by atoms with van der Waals surface area (Å²) in [6.07, 6.45) is 0.705. The van der Waals surface area contributed by atoms with E-state index in [1.807, 2.05) is 19.1 Å². The van der Waals surface area contributed by atoms with Crippen LogP contribution >= 0.6 is 11.8 Å². The maximum atomic E-state index is 11.4. The summed E-state index contributed by atoms with van der Waals surface area (Å²) in [7, 11) is 1.77. The second-order valence-electron chi connectivity index (χ2n) is 5.05. The van der Waals surface area contributed by atoms with Crippen molar-refractivity contribution >= 4 is 28.4 Å². The number of primary amides is 1. The number of benzene rings is 2. The predicted octanol–water partition coefficient (Wildman–Crippen LogP) is 2.79. The molecule has 0 bridgehead atoms. The van der Waals surface area contributed by atoms with Gasteiger partial charge in [0.25, 0.3) is 0 Å². The number of fused-ring (bicyclic) bond motifs is 1. The number of likely N-dealkylation sites (N-methyl/N-ethyl adjacent to an activating group) is 1. The zero-order valence-electron chi connectivity index (χ0n) is 11.8. The molecule has 0 aromatic heterocycles. The largest absolute Gasteiger partial charge is 0.368 e. The fourth-order valence-corrected chi connectivity index (χ4v) is 3.12. The van der Waals surface area contributed by atoms with Gasteiger partial charge in [0.1, 0.15) is 0 Å². The average Bonchev–Trinajstić information content (AvgIpc) is 2.46. The molecule has 0 aliphatic rings. The van der Waals surface area contributed by atoms with Gasteiger partial charge in [-0.25, -0.2) is 0 Å². The Labute approximate surface area is 123 Å². The van der Waals surface area contributed by atoms with Crippen LogP contribution in [0.5, 0.6) is 0 Å². The monoisotopic (exact) mass is 288 g/mol. The van der Waals surface area contributed by atoms with Crippen LogP contribution in [0.4, 0.5) is 0 Å². The Morgan fingerprint density at radius 1 is 1.25 bits per heavy atom. The van der Waals surface area contributed by atoms with E-state index in [2.05, 4.69) is 35.6 Å². The van der Waals surface area contributed by atoms with Crippen molar-refractivity contribution in [3.8, 4) is 0 Å². The number of carbonyl (C=O) groups excluding carboxylic acids is 1. The Hall–Kier alpha value is -1.52. The van der Waals surface area contributed by atoms with Gasteiger partial charge in [0.05, 0.1) is 5.54 Å². The lowest BCUT2D eigenvalue weighted by Gasteiger charge is -2.25. The molecule has 0 saturated carbocycles. The molecule has 1 atom stereocenters. The van der Waals surface area contributed by atoms with E-state index in [-0.39, 0.29) is 5.91 Å². The summed E-state index contributed by atoms with van der Waals surface area (Å²) in [6, 6.07) is 14.7. The van der Waals surface area contributed by atoms with Crippen LogP contribution in [-0.4, -0.2) is 24.2 Å². The minimum Gasteiger partial charge on any atom is -0.368 e. The predicted molar refractivity (Wildman–Crippen MR) is 85.9 cm³/mol. The molecule has 0 spiro atoms. The number of nitrogens with two attached hydrogens (primary N) is 1. The van der Waals surface area contributed by atoms with E-state index in [0.29, 0.717) is 6.42 Å². The summed E-state index contributed by atoms with van der Waals surface area (Å²) in [4.78, 5) is 12.6. The highest BCUT2D eigenvalue weighted by Gasteiger charge is 2.28. The average molecular weight is 288 g/mol. The molecule has 106 valence electrons. The summed E-state index contributed by atoms with van der Waals surface area (Å²) in [6.45, 7) is 1.84. The molecule has 2 aromatic rings. The Morgan fingerprint density at radius 2 is 1.95 bits per heavy atom. The zero-order chi connectivity index (χ0) is 14.6. The molecule has 2 aromatic carbocycles. The van der Waals surface area contributed by atoms with Crippen LogP contribution < -0.4 is 11.1 Å². The second-order valence-corrected chi connectivity index (χ2v) is 6.22. The lowest BCUT2D eigenvalue weighted by molar-refractivity contribution is -0.123. The molecule has 3 nitrogen and oxygen atoms in total. The quantitative estimate of drug-likeness (QED) is 0.804. The highest BCUT2D eigenvalue weighted by molar-refractivity contribution is 7.99. The standard InChI is InChI=1S/C16H20N2OS/c1-16(18-2,15(17)19)9-10-20-14-8-7-12-5-3-4-6-13(12)11-14/h3-8,11,18H,9-10H2,1-2H3,(H2,17,19). The summed E-state index contributed by atoms with van der Waals surface area (Å²) < 4.78 is 0. The Morgan fingerprint density at radius 3 is 2.60 bits per heavy atom. The molecule has 3 N–H and O–H groups in total. The summed E-state index contributed by atoms with van der Waals surface area (Å²) in [5, 5.41) is 5.49. The first kappa shape index (κ1) is 14.9. The fraction of sp³-hybridized carbons (Fsp3) is 0.312. The van der Waals surface area contributed by atoms with Crippen molar-refractivity contribution in [3.63, 3.8) is 0 Å². The smallest absolute Gasteiger partial charge is 0.237 e. The Balaban J connectivity index is 2.01. The molecule has 0 aliphatic heterocycles. The van der Waals surface area contributed by atoms with Crippen LogP contribution in [0.2, 0.25) is 0 Å². The minimum absolute atomic E-state index is 0.306. The summed E-state index contributed by atoms with van der Waals surface area (Å²) in [5.41, 5.74) is 4.79. The Kier molecular flexibility index (Phi) is 4.68. The number of rotatable bonds is 6. The van der Waals surface area contributed by atoms with E-state index in [1.54, 1.807) is 18.8 Å². The lowest BCUT2D eigenvalue weighted by Crippen LogP contribution is -2.51. The van der Waals surface area contributed by atoms with E-state index >= 15 is 0 Å². The molecular weight excluding hydrogens is 268 g/mol. The molecule has 1 unspecified atom stereocenters. The van der Waals surface area contributed by atoms with Gasteiger partial charge < -0.3 is 11.1 Å². The van der Waals surface area contributed by atoms with Gasteiger partial charge in [-0.3, -0.25) is 4.79 Å². The number of nitrogens with one attached hydrogen (secondary N) is 1. The third-order valence-electron chi connectivity index (χ3n) is 3.69. The fourth-order valence-electron chi connectivity index (χ4n) is 2.00. The van der Waals surface area contributed by atoms with E-state index in [9.17, 15) is 4.79 Å². The van der Waals surface area contributed by atoms with Crippen molar-refractivity contribution in [1.82, 2.24) is 5.32 Å². The molecule has 2 rings (SSSR count). The van der Waals surface area contributed by atoms with Crippen molar-refractivity contribution in [2.75, 3.05) is 12.8 Å². The second kappa shape index (κ2) is 6.29. The highest BCUT2D eigenvalue weighted by atomic mass is 32.2. The van der Waals surface area contributed by atoms with Crippen LogP contribution in [0.15, 0.2) is 47.4 Å². The van der Waals surface area contributed by atoms with Gasteiger partial charge in [-0.2, -0.15) is 0 Å².